The summed E-state index contributed by atoms with van der Waals surface area (Å²) in [5.74, 6) is -0.155. The normalized spacial score (nSPS) is 11.8. The van der Waals surface area contributed by atoms with E-state index in [-0.39, 0.29) is 39.8 Å². The molecule has 41 heavy (non-hydrogen) atoms. The standard InChI is InChI=1S/C29H28ClF3N6O2/c1-28(2,3)12-24(40)36-13-16-5-8-22(30)21(9-16)27(41)37-19-6-7-20-23(11-19)38-25(39-26(20)34-4)17-10-18(15-35-14-17)29(31,32)33/h5-11,14-15H,12-13H2,1-4H3,(H,36,40)(H,37,41)(H,34,38,39). The van der Waals surface area contributed by atoms with E-state index < -0.39 is 17.6 Å². The third kappa shape index (κ3) is 7.49. The lowest BCUT2D eigenvalue weighted by Crippen LogP contribution is -2.27. The predicted octanol–water partition coefficient (Wildman–Crippen LogP) is 6.71. The van der Waals surface area contributed by atoms with Gasteiger partial charge in [0.25, 0.3) is 5.91 Å². The van der Waals surface area contributed by atoms with E-state index in [1.165, 1.54) is 6.20 Å². The third-order valence-electron chi connectivity index (χ3n) is 5.97. The molecule has 4 rings (SSSR count). The summed E-state index contributed by atoms with van der Waals surface area (Å²) in [5.41, 5.74) is 0.699. The molecule has 2 amide bonds. The number of nitrogens with zero attached hydrogens (tertiary/aromatic N) is 3. The van der Waals surface area contributed by atoms with Crippen LogP contribution in [-0.4, -0.2) is 33.8 Å². The summed E-state index contributed by atoms with van der Waals surface area (Å²) in [6, 6.07) is 10.8. The Labute approximate surface area is 239 Å². The van der Waals surface area contributed by atoms with Crippen LogP contribution in [0.15, 0.2) is 54.9 Å². The van der Waals surface area contributed by atoms with E-state index in [4.69, 9.17) is 11.6 Å². The molecule has 0 radical (unpaired) electrons. The molecule has 12 heteroatoms. The molecule has 0 atom stereocenters. The molecule has 0 bridgehead atoms. The minimum Gasteiger partial charge on any atom is -0.373 e. The number of nitrogens with one attached hydrogen (secondary N) is 3. The number of fused-ring (bicyclic) bond motifs is 1. The molecule has 2 aromatic heterocycles. The van der Waals surface area contributed by atoms with Gasteiger partial charge in [0.2, 0.25) is 5.91 Å². The summed E-state index contributed by atoms with van der Waals surface area (Å²) in [5, 5.41) is 9.39. The lowest BCUT2D eigenvalue weighted by molar-refractivity contribution is -0.137. The number of hydrogen-bond acceptors (Lipinski definition) is 6. The summed E-state index contributed by atoms with van der Waals surface area (Å²) < 4.78 is 39.7. The van der Waals surface area contributed by atoms with Crippen LogP contribution in [0.1, 0.15) is 48.7 Å². The highest BCUT2D eigenvalue weighted by atomic mass is 35.5. The zero-order valence-corrected chi connectivity index (χ0v) is 23.5. The number of carbonyl (C=O) groups is 2. The fourth-order valence-electron chi connectivity index (χ4n) is 4.04. The van der Waals surface area contributed by atoms with Crippen molar-refractivity contribution >= 4 is 45.8 Å². The van der Waals surface area contributed by atoms with Gasteiger partial charge in [-0.15, -0.1) is 0 Å². The highest BCUT2D eigenvalue weighted by Crippen LogP contribution is 2.32. The van der Waals surface area contributed by atoms with Crippen molar-refractivity contribution in [2.45, 2.75) is 39.9 Å². The molecular formula is C29H28ClF3N6O2. The third-order valence-corrected chi connectivity index (χ3v) is 6.30. The Balaban J connectivity index is 1.59. The lowest BCUT2D eigenvalue weighted by atomic mass is 9.92. The maximum Gasteiger partial charge on any atom is 0.417 e. The molecule has 0 aliphatic heterocycles. The largest absolute Gasteiger partial charge is 0.417 e. The summed E-state index contributed by atoms with van der Waals surface area (Å²) in [6.45, 7) is 6.15. The van der Waals surface area contributed by atoms with Gasteiger partial charge in [0, 0.05) is 49.0 Å². The summed E-state index contributed by atoms with van der Waals surface area (Å²) in [7, 11) is 1.63. The van der Waals surface area contributed by atoms with Crippen LogP contribution in [0.2, 0.25) is 5.02 Å². The van der Waals surface area contributed by atoms with Gasteiger partial charge < -0.3 is 16.0 Å². The number of hydrogen-bond donors (Lipinski definition) is 3. The van der Waals surface area contributed by atoms with E-state index in [9.17, 15) is 22.8 Å². The smallest absolute Gasteiger partial charge is 0.373 e. The Bertz CT molecular complexity index is 1620. The van der Waals surface area contributed by atoms with Crippen molar-refractivity contribution in [1.82, 2.24) is 20.3 Å². The van der Waals surface area contributed by atoms with Gasteiger partial charge in [-0.25, -0.2) is 9.97 Å². The molecule has 4 aromatic rings. The number of alkyl halides is 3. The molecule has 0 aliphatic carbocycles. The number of carbonyl (C=O) groups excluding carboxylic acids is 2. The molecule has 0 aliphatic rings. The maximum atomic E-state index is 13.2. The van der Waals surface area contributed by atoms with Crippen LogP contribution >= 0.6 is 11.6 Å². The van der Waals surface area contributed by atoms with Gasteiger partial charge in [-0.1, -0.05) is 38.4 Å². The molecule has 2 aromatic carbocycles. The summed E-state index contributed by atoms with van der Waals surface area (Å²) in [6.07, 6.45) is -2.22. The molecule has 8 nitrogen and oxygen atoms in total. The number of amides is 2. The molecule has 2 heterocycles. The topological polar surface area (TPSA) is 109 Å². The lowest BCUT2D eigenvalue weighted by Gasteiger charge is -2.17. The van der Waals surface area contributed by atoms with Crippen molar-refractivity contribution in [2.75, 3.05) is 17.7 Å². The van der Waals surface area contributed by atoms with Crippen molar-refractivity contribution in [2.24, 2.45) is 5.41 Å². The number of anilines is 2. The second-order valence-electron chi connectivity index (χ2n) is 10.6. The number of halogens is 4. The fourth-order valence-corrected chi connectivity index (χ4v) is 4.25. The van der Waals surface area contributed by atoms with Gasteiger partial charge in [0.15, 0.2) is 5.82 Å². The summed E-state index contributed by atoms with van der Waals surface area (Å²) in [4.78, 5) is 37.8. The Morgan fingerprint density at radius 2 is 1.73 bits per heavy atom. The molecule has 0 saturated carbocycles. The maximum absolute atomic E-state index is 13.2. The quantitative estimate of drug-likeness (QED) is 0.223. The fraction of sp³-hybridized carbons (Fsp3) is 0.276. The van der Waals surface area contributed by atoms with Crippen LogP contribution in [0.3, 0.4) is 0 Å². The van der Waals surface area contributed by atoms with Gasteiger partial charge in [-0.2, -0.15) is 13.2 Å². The monoisotopic (exact) mass is 584 g/mol. The van der Waals surface area contributed by atoms with Gasteiger partial charge >= 0.3 is 6.18 Å². The van der Waals surface area contributed by atoms with Crippen LogP contribution in [0.5, 0.6) is 0 Å². The number of rotatable bonds is 7. The molecule has 0 unspecified atom stereocenters. The van der Waals surface area contributed by atoms with Gasteiger partial charge in [-0.05, 0) is 47.4 Å². The Hall–Kier alpha value is -4.25. The SMILES string of the molecule is CNc1nc(-c2cncc(C(F)(F)F)c2)nc2cc(NC(=O)c3cc(CNC(=O)CC(C)(C)C)ccc3Cl)ccc12. The van der Waals surface area contributed by atoms with E-state index in [0.717, 1.165) is 12.3 Å². The molecular weight excluding hydrogens is 557 g/mol. The number of aromatic nitrogens is 3. The molecule has 3 N–H and O–H groups in total. The van der Waals surface area contributed by atoms with E-state index >= 15 is 0 Å². The number of benzene rings is 2. The average molecular weight is 585 g/mol. The summed E-state index contributed by atoms with van der Waals surface area (Å²) >= 11 is 6.31. The molecule has 214 valence electrons. The van der Waals surface area contributed by atoms with Crippen molar-refractivity contribution in [3.63, 3.8) is 0 Å². The number of pyridine rings is 1. The van der Waals surface area contributed by atoms with Crippen LogP contribution in [0.25, 0.3) is 22.3 Å². The molecule has 0 fully saturated rings. The first-order chi connectivity index (χ1) is 19.2. The minimum absolute atomic E-state index is 0.0354. The van der Waals surface area contributed by atoms with Crippen LogP contribution < -0.4 is 16.0 Å². The first-order valence-corrected chi connectivity index (χ1v) is 13.0. The van der Waals surface area contributed by atoms with Crippen molar-refractivity contribution in [1.29, 1.82) is 0 Å². The second-order valence-corrected chi connectivity index (χ2v) is 11.0. The van der Waals surface area contributed by atoms with Crippen molar-refractivity contribution < 1.29 is 22.8 Å². The zero-order chi connectivity index (χ0) is 29.9. The predicted molar refractivity (Wildman–Crippen MR) is 153 cm³/mol. The van der Waals surface area contributed by atoms with E-state index in [1.807, 2.05) is 20.8 Å². The Morgan fingerprint density at radius 1 is 0.976 bits per heavy atom. The van der Waals surface area contributed by atoms with E-state index in [2.05, 4.69) is 30.9 Å². The van der Waals surface area contributed by atoms with Gasteiger partial charge in [-0.3, -0.25) is 14.6 Å². The van der Waals surface area contributed by atoms with Crippen LogP contribution in [-0.2, 0) is 17.5 Å². The van der Waals surface area contributed by atoms with Crippen LogP contribution in [0, 0.1) is 5.41 Å². The second kappa shape index (κ2) is 11.7. The van der Waals surface area contributed by atoms with Crippen molar-refractivity contribution in [3.05, 3.63) is 76.6 Å². The molecule has 0 saturated heterocycles. The van der Waals surface area contributed by atoms with E-state index in [0.29, 0.717) is 34.4 Å². The minimum atomic E-state index is -4.57. The average Bonchev–Trinajstić information content (AvgIpc) is 2.90. The Morgan fingerprint density at radius 3 is 2.41 bits per heavy atom. The van der Waals surface area contributed by atoms with Crippen LogP contribution in [0.4, 0.5) is 24.7 Å². The Kier molecular flexibility index (Phi) is 8.48. The first kappa shape index (κ1) is 29.7. The first-order valence-electron chi connectivity index (χ1n) is 12.6. The van der Waals surface area contributed by atoms with Gasteiger partial charge in [0.1, 0.15) is 5.82 Å². The van der Waals surface area contributed by atoms with Crippen molar-refractivity contribution in [3.8, 4) is 11.4 Å². The highest BCUT2D eigenvalue weighted by Gasteiger charge is 2.31. The zero-order valence-electron chi connectivity index (χ0n) is 22.8. The highest BCUT2D eigenvalue weighted by molar-refractivity contribution is 6.34. The van der Waals surface area contributed by atoms with Gasteiger partial charge in [0.05, 0.1) is 21.7 Å². The molecule has 0 spiro atoms. The van der Waals surface area contributed by atoms with E-state index in [1.54, 1.807) is 43.4 Å².